The maximum Gasteiger partial charge on any atom is 0.229 e. The standard InChI is InChI=1S/C19H23N5O2/c25-18-9-15(11-24(18)17-6-1-2-7-17)19(26)22-16-5-3-4-14(8-16)10-23-13-20-12-21-23/h3-5,8,12-13,15,17H,1-2,6-7,9-11H2,(H,22,26). The molecule has 7 heteroatoms. The summed E-state index contributed by atoms with van der Waals surface area (Å²) in [5, 5.41) is 7.07. The molecule has 1 saturated heterocycles. The smallest absolute Gasteiger partial charge is 0.229 e. The highest BCUT2D eigenvalue weighted by Gasteiger charge is 2.38. The van der Waals surface area contributed by atoms with E-state index >= 15 is 0 Å². The Balaban J connectivity index is 1.38. The van der Waals surface area contributed by atoms with Crippen molar-refractivity contribution < 1.29 is 9.59 Å². The van der Waals surface area contributed by atoms with E-state index in [2.05, 4.69) is 15.4 Å². The molecular weight excluding hydrogens is 330 g/mol. The van der Waals surface area contributed by atoms with Gasteiger partial charge in [-0.3, -0.25) is 9.59 Å². The lowest BCUT2D eigenvalue weighted by Crippen LogP contribution is -2.35. The van der Waals surface area contributed by atoms with E-state index in [1.165, 1.54) is 19.2 Å². The van der Waals surface area contributed by atoms with Crippen LogP contribution in [-0.2, 0) is 16.1 Å². The molecule has 2 fully saturated rings. The van der Waals surface area contributed by atoms with E-state index < -0.39 is 0 Å². The third-order valence-electron chi connectivity index (χ3n) is 5.30. The highest BCUT2D eigenvalue weighted by molar-refractivity contribution is 5.97. The van der Waals surface area contributed by atoms with Crippen molar-refractivity contribution in [2.75, 3.05) is 11.9 Å². The predicted molar refractivity (Wildman–Crippen MR) is 96.3 cm³/mol. The summed E-state index contributed by atoms with van der Waals surface area (Å²) in [7, 11) is 0. The number of hydrogen-bond acceptors (Lipinski definition) is 4. The van der Waals surface area contributed by atoms with Crippen LogP contribution in [0.2, 0.25) is 0 Å². The highest BCUT2D eigenvalue weighted by Crippen LogP contribution is 2.30. The van der Waals surface area contributed by atoms with Crippen molar-refractivity contribution in [2.45, 2.75) is 44.7 Å². The van der Waals surface area contributed by atoms with Crippen molar-refractivity contribution in [2.24, 2.45) is 5.92 Å². The molecule has 1 N–H and O–H groups in total. The number of benzene rings is 1. The van der Waals surface area contributed by atoms with E-state index in [1.807, 2.05) is 29.2 Å². The van der Waals surface area contributed by atoms with Crippen molar-refractivity contribution in [1.29, 1.82) is 0 Å². The molecule has 0 spiro atoms. The molecule has 0 bridgehead atoms. The summed E-state index contributed by atoms with van der Waals surface area (Å²) >= 11 is 0. The fourth-order valence-electron chi connectivity index (χ4n) is 3.97. The first-order valence-corrected chi connectivity index (χ1v) is 9.21. The maximum atomic E-state index is 12.6. The van der Waals surface area contributed by atoms with Crippen LogP contribution in [0, 0.1) is 5.92 Å². The van der Waals surface area contributed by atoms with E-state index in [9.17, 15) is 9.59 Å². The summed E-state index contributed by atoms with van der Waals surface area (Å²) in [5.74, 6) is -0.212. The van der Waals surface area contributed by atoms with E-state index in [0.29, 0.717) is 25.6 Å². The normalized spacial score (nSPS) is 20.7. The number of rotatable bonds is 5. The van der Waals surface area contributed by atoms with E-state index in [0.717, 1.165) is 24.1 Å². The van der Waals surface area contributed by atoms with Gasteiger partial charge in [0.2, 0.25) is 11.8 Å². The van der Waals surface area contributed by atoms with Gasteiger partial charge in [0.15, 0.2) is 0 Å². The molecule has 1 aliphatic carbocycles. The van der Waals surface area contributed by atoms with Crippen LogP contribution >= 0.6 is 0 Å². The fourth-order valence-corrected chi connectivity index (χ4v) is 3.97. The fraction of sp³-hybridized carbons (Fsp3) is 0.474. The zero-order valence-corrected chi connectivity index (χ0v) is 14.7. The molecule has 1 saturated carbocycles. The Morgan fingerprint density at radius 2 is 2.12 bits per heavy atom. The number of likely N-dealkylation sites (tertiary alicyclic amines) is 1. The lowest BCUT2D eigenvalue weighted by Gasteiger charge is -2.23. The van der Waals surface area contributed by atoms with E-state index in [4.69, 9.17) is 0 Å². The maximum absolute atomic E-state index is 12.6. The van der Waals surface area contributed by atoms with Gasteiger partial charge in [-0.25, -0.2) is 9.67 Å². The predicted octanol–water partition coefficient (Wildman–Crippen LogP) is 2.06. The molecule has 136 valence electrons. The topological polar surface area (TPSA) is 80.1 Å². The van der Waals surface area contributed by atoms with Crippen LogP contribution in [-0.4, -0.2) is 44.1 Å². The number of anilines is 1. The van der Waals surface area contributed by atoms with Crippen LogP contribution in [0.4, 0.5) is 5.69 Å². The van der Waals surface area contributed by atoms with Crippen molar-refractivity contribution in [3.05, 3.63) is 42.5 Å². The van der Waals surface area contributed by atoms with Gasteiger partial charge in [0, 0.05) is 24.7 Å². The third kappa shape index (κ3) is 3.61. The molecule has 2 amide bonds. The number of carbonyl (C=O) groups is 2. The minimum Gasteiger partial charge on any atom is -0.339 e. The van der Waals surface area contributed by atoms with Crippen molar-refractivity contribution >= 4 is 17.5 Å². The second kappa shape index (κ2) is 7.27. The summed E-state index contributed by atoms with van der Waals surface area (Å²) < 4.78 is 1.73. The molecule has 2 heterocycles. The molecular formula is C19H23N5O2. The Morgan fingerprint density at radius 3 is 2.88 bits per heavy atom. The van der Waals surface area contributed by atoms with Gasteiger partial charge in [-0.05, 0) is 30.5 Å². The molecule has 1 atom stereocenters. The molecule has 26 heavy (non-hydrogen) atoms. The van der Waals surface area contributed by atoms with Gasteiger partial charge in [-0.1, -0.05) is 25.0 Å². The zero-order chi connectivity index (χ0) is 17.9. The monoisotopic (exact) mass is 353 g/mol. The van der Waals surface area contributed by atoms with Crippen LogP contribution in [0.15, 0.2) is 36.9 Å². The van der Waals surface area contributed by atoms with Gasteiger partial charge in [0.1, 0.15) is 12.7 Å². The SMILES string of the molecule is O=C(Nc1cccc(Cn2cncn2)c1)C1CC(=O)N(C2CCCC2)C1. The van der Waals surface area contributed by atoms with Crippen LogP contribution in [0.3, 0.4) is 0 Å². The molecule has 1 aromatic heterocycles. The third-order valence-corrected chi connectivity index (χ3v) is 5.30. The van der Waals surface area contributed by atoms with E-state index in [1.54, 1.807) is 11.0 Å². The van der Waals surface area contributed by atoms with Crippen molar-refractivity contribution in [1.82, 2.24) is 19.7 Å². The largest absolute Gasteiger partial charge is 0.339 e. The Labute approximate surface area is 152 Å². The summed E-state index contributed by atoms with van der Waals surface area (Å²) in [5.41, 5.74) is 1.78. The molecule has 1 aliphatic heterocycles. The molecule has 4 rings (SSSR count). The van der Waals surface area contributed by atoms with Crippen molar-refractivity contribution in [3.8, 4) is 0 Å². The number of nitrogens with one attached hydrogen (secondary N) is 1. The minimum atomic E-state index is -0.262. The first-order valence-electron chi connectivity index (χ1n) is 9.21. The summed E-state index contributed by atoms with van der Waals surface area (Å²) in [6, 6.07) is 8.04. The molecule has 2 aliphatic rings. The second-order valence-electron chi connectivity index (χ2n) is 7.17. The van der Waals surface area contributed by atoms with Crippen LogP contribution in [0.1, 0.15) is 37.7 Å². The lowest BCUT2D eigenvalue weighted by molar-refractivity contribution is -0.129. The molecule has 1 unspecified atom stereocenters. The van der Waals surface area contributed by atoms with Gasteiger partial charge < -0.3 is 10.2 Å². The number of amides is 2. The summed E-state index contributed by atoms with van der Waals surface area (Å²) in [6.07, 6.45) is 8.00. The highest BCUT2D eigenvalue weighted by atomic mass is 16.2. The first-order chi connectivity index (χ1) is 12.7. The van der Waals surface area contributed by atoms with E-state index in [-0.39, 0.29) is 17.7 Å². The van der Waals surface area contributed by atoms with Gasteiger partial charge in [0.05, 0.1) is 12.5 Å². The van der Waals surface area contributed by atoms with Crippen LogP contribution < -0.4 is 5.32 Å². The number of aromatic nitrogens is 3. The average Bonchev–Trinajstić information content (AvgIpc) is 3.36. The summed E-state index contributed by atoms with van der Waals surface area (Å²) in [6.45, 7) is 1.15. The van der Waals surface area contributed by atoms with Gasteiger partial charge in [-0.2, -0.15) is 5.10 Å². The average molecular weight is 353 g/mol. The molecule has 1 aromatic carbocycles. The van der Waals surface area contributed by atoms with Gasteiger partial charge in [-0.15, -0.1) is 0 Å². The Morgan fingerprint density at radius 1 is 1.27 bits per heavy atom. The van der Waals surface area contributed by atoms with Crippen LogP contribution in [0.5, 0.6) is 0 Å². The number of hydrogen-bond donors (Lipinski definition) is 1. The Bertz CT molecular complexity index is 783. The van der Waals surface area contributed by atoms with Crippen LogP contribution in [0.25, 0.3) is 0 Å². The Kier molecular flexibility index (Phi) is 4.69. The van der Waals surface area contributed by atoms with Gasteiger partial charge in [0.25, 0.3) is 0 Å². The molecule has 7 nitrogen and oxygen atoms in total. The minimum absolute atomic E-state index is 0.0725. The lowest BCUT2D eigenvalue weighted by atomic mass is 10.1. The number of nitrogens with zero attached hydrogens (tertiary/aromatic N) is 4. The molecule has 2 aromatic rings. The zero-order valence-electron chi connectivity index (χ0n) is 14.7. The van der Waals surface area contributed by atoms with Gasteiger partial charge >= 0.3 is 0 Å². The quantitative estimate of drug-likeness (QED) is 0.892. The van der Waals surface area contributed by atoms with Crippen molar-refractivity contribution in [3.63, 3.8) is 0 Å². The first kappa shape index (κ1) is 16.8. The summed E-state index contributed by atoms with van der Waals surface area (Å²) in [4.78, 5) is 30.8. The number of carbonyl (C=O) groups excluding carboxylic acids is 2. The Hall–Kier alpha value is -2.70. The molecule has 0 radical (unpaired) electrons. The second-order valence-corrected chi connectivity index (χ2v) is 7.17.